The highest BCUT2D eigenvalue weighted by molar-refractivity contribution is 5.76. The van der Waals surface area contributed by atoms with Gasteiger partial charge in [-0.25, -0.2) is 0 Å². The summed E-state index contributed by atoms with van der Waals surface area (Å²) in [4.78, 5) is 13.4. The zero-order valence-electron chi connectivity index (χ0n) is 9.06. The summed E-state index contributed by atoms with van der Waals surface area (Å²) < 4.78 is 4.73. The number of esters is 1. The van der Waals surface area contributed by atoms with Crippen molar-refractivity contribution >= 4 is 5.97 Å². The molecular formula is C10H19NO3. The molecule has 0 spiro atoms. The van der Waals surface area contributed by atoms with E-state index in [0.717, 1.165) is 19.4 Å². The van der Waals surface area contributed by atoms with Gasteiger partial charge in [-0.1, -0.05) is 0 Å². The number of rotatable bonds is 3. The van der Waals surface area contributed by atoms with Gasteiger partial charge in [0, 0.05) is 6.04 Å². The number of likely N-dealkylation sites (tertiary alicyclic amines) is 1. The number of methoxy groups -OCH3 is 1. The first-order valence-electron chi connectivity index (χ1n) is 5.09. The van der Waals surface area contributed by atoms with Crippen LogP contribution in [0.5, 0.6) is 0 Å². The van der Waals surface area contributed by atoms with E-state index in [0.29, 0.717) is 0 Å². The van der Waals surface area contributed by atoms with Crippen LogP contribution >= 0.6 is 0 Å². The van der Waals surface area contributed by atoms with Crippen molar-refractivity contribution in [1.82, 2.24) is 4.90 Å². The van der Waals surface area contributed by atoms with Crippen molar-refractivity contribution < 1.29 is 14.6 Å². The van der Waals surface area contributed by atoms with Gasteiger partial charge < -0.3 is 9.84 Å². The Hall–Kier alpha value is -0.610. The van der Waals surface area contributed by atoms with Gasteiger partial charge in [0.2, 0.25) is 0 Å². The van der Waals surface area contributed by atoms with Crippen LogP contribution in [-0.2, 0) is 9.53 Å². The Morgan fingerprint density at radius 3 is 2.71 bits per heavy atom. The summed E-state index contributed by atoms with van der Waals surface area (Å²) in [6, 6.07) is -0.147. The normalized spacial score (nSPS) is 27.3. The van der Waals surface area contributed by atoms with Crippen molar-refractivity contribution in [2.75, 3.05) is 13.7 Å². The molecule has 0 aromatic rings. The molecule has 4 heteroatoms. The molecule has 1 N–H and O–H groups in total. The van der Waals surface area contributed by atoms with Gasteiger partial charge in [0.1, 0.15) is 6.04 Å². The van der Waals surface area contributed by atoms with E-state index in [1.807, 2.05) is 11.8 Å². The fraction of sp³-hybridized carbons (Fsp3) is 0.900. The van der Waals surface area contributed by atoms with Crippen LogP contribution in [0.1, 0.15) is 26.7 Å². The van der Waals surface area contributed by atoms with Crippen LogP contribution in [0.4, 0.5) is 0 Å². The molecule has 0 radical (unpaired) electrons. The zero-order chi connectivity index (χ0) is 10.7. The summed E-state index contributed by atoms with van der Waals surface area (Å²) in [6.07, 6.45) is 1.42. The summed E-state index contributed by atoms with van der Waals surface area (Å²) in [5.74, 6) is -0.185. The van der Waals surface area contributed by atoms with Gasteiger partial charge in [0.05, 0.1) is 13.2 Å². The lowest BCUT2D eigenvalue weighted by atomic mass is 10.1. The zero-order valence-corrected chi connectivity index (χ0v) is 9.06. The molecule has 4 nitrogen and oxygen atoms in total. The van der Waals surface area contributed by atoms with Gasteiger partial charge in [0.25, 0.3) is 0 Å². The molecule has 1 aliphatic heterocycles. The molecule has 0 saturated carbocycles. The van der Waals surface area contributed by atoms with Crippen molar-refractivity contribution in [2.24, 2.45) is 0 Å². The van der Waals surface area contributed by atoms with E-state index in [4.69, 9.17) is 4.74 Å². The summed E-state index contributed by atoms with van der Waals surface area (Å²) in [5, 5.41) is 9.46. The van der Waals surface area contributed by atoms with E-state index in [9.17, 15) is 9.90 Å². The standard InChI is InChI=1S/C10H19NO3/c1-7(8(2)12)11-6-4-5-9(11)10(13)14-3/h7-9,12H,4-6H2,1-3H3. The van der Waals surface area contributed by atoms with Crippen LogP contribution in [0.3, 0.4) is 0 Å². The van der Waals surface area contributed by atoms with E-state index >= 15 is 0 Å². The smallest absolute Gasteiger partial charge is 0.323 e. The number of hydrogen-bond acceptors (Lipinski definition) is 4. The molecule has 1 heterocycles. The maximum Gasteiger partial charge on any atom is 0.323 e. The van der Waals surface area contributed by atoms with Crippen molar-refractivity contribution in [1.29, 1.82) is 0 Å². The van der Waals surface area contributed by atoms with Crippen LogP contribution in [0.15, 0.2) is 0 Å². The minimum Gasteiger partial charge on any atom is -0.468 e. The van der Waals surface area contributed by atoms with Crippen LogP contribution in [-0.4, -0.2) is 47.8 Å². The number of carbonyl (C=O) groups is 1. The molecule has 0 bridgehead atoms. The molecule has 3 atom stereocenters. The minimum atomic E-state index is -0.416. The molecule has 0 amide bonds. The summed E-state index contributed by atoms with van der Waals surface area (Å²) >= 11 is 0. The van der Waals surface area contributed by atoms with Crippen LogP contribution in [0.2, 0.25) is 0 Å². The largest absolute Gasteiger partial charge is 0.468 e. The number of ether oxygens (including phenoxy) is 1. The Kier molecular flexibility index (Phi) is 3.89. The SMILES string of the molecule is COC(=O)C1CCCN1C(C)C(C)O. The lowest BCUT2D eigenvalue weighted by molar-refractivity contribution is -0.147. The average molecular weight is 201 g/mol. The van der Waals surface area contributed by atoms with Gasteiger partial charge in [0.15, 0.2) is 0 Å². The lowest BCUT2D eigenvalue weighted by Crippen LogP contribution is -2.46. The molecule has 0 aliphatic carbocycles. The quantitative estimate of drug-likeness (QED) is 0.671. The Morgan fingerprint density at radius 2 is 2.21 bits per heavy atom. The third-order valence-corrected chi connectivity index (χ3v) is 2.99. The van der Waals surface area contributed by atoms with Crippen molar-refractivity contribution in [3.63, 3.8) is 0 Å². The highest BCUT2D eigenvalue weighted by atomic mass is 16.5. The third kappa shape index (κ3) is 2.25. The summed E-state index contributed by atoms with van der Waals surface area (Å²) in [7, 11) is 1.41. The average Bonchev–Trinajstić information content (AvgIpc) is 2.63. The maximum atomic E-state index is 11.4. The van der Waals surface area contributed by atoms with Gasteiger partial charge in [-0.05, 0) is 33.2 Å². The molecule has 14 heavy (non-hydrogen) atoms. The fourth-order valence-corrected chi connectivity index (χ4v) is 1.94. The highest BCUT2D eigenvalue weighted by Gasteiger charge is 2.35. The predicted octanol–water partition coefficient (Wildman–Crippen LogP) is 0.393. The van der Waals surface area contributed by atoms with Gasteiger partial charge in [-0.2, -0.15) is 0 Å². The Bertz CT molecular complexity index is 206. The number of aliphatic hydroxyl groups is 1. The van der Waals surface area contributed by atoms with Crippen LogP contribution in [0.25, 0.3) is 0 Å². The molecule has 3 unspecified atom stereocenters. The molecule has 1 fully saturated rings. The fourth-order valence-electron chi connectivity index (χ4n) is 1.94. The number of hydrogen-bond donors (Lipinski definition) is 1. The van der Waals surface area contributed by atoms with Gasteiger partial charge in [-0.15, -0.1) is 0 Å². The van der Waals surface area contributed by atoms with E-state index < -0.39 is 6.10 Å². The van der Waals surface area contributed by atoms with Crippen molar-refractivity contribution in [2.45, 2.75) is 44.9 Å². The molecule has 82 valence electrons. The topological polar surface area (TPSA) is 49.8 Å². The molecule has 1 rings (SSSR count). The number of nitrogens with zero attached hydrogens (tertiary/aromatic N) is 1. The lowest BCUT2D eigenvalue weighted by Gasteiger charge is -2.30. The van der Waals surface area contributed by atoms with Crippen LogP contribution in [0, 0.1) is 0 Å². The van der Waals surface area contributed by atoms with Crippen molar-refractivity contribution in [3.05, 3.63) is 0 Å². The maximum absolute atomic E-state index is 11.4. The van der Waals surface area contributed by atoms with Gasteiger partial charge in [-0.3, -0.25) is 9.69 Å². The highest BCUT2D eigenvalue weighted by Crippen LogP contribution is 2.22. The number of aliphatic hydroxyl groups excluding tert-OH is 1. The minimum absolute atomic E-state index is 0.0154. The Labute approximate surface area is 84.8 Å². The Morgan fingerprint density at radius 1 is 1.57 bits per heavy atom. The molecule has 0 aromatic heterocycles. The first-order chi connectivity index (χ1) is 6.57. The molecule has 1 saturated heterocycles. The predicted molar refractivity (Wildman–Crippen MR) is 52.9 cm³/mol. The third-order valence-electron chi connectivity index (χ3n) is 2.99. The van der Waals surface area contributed by atoms with Gasteiger partial charge >= 0.3 is 5.97 Å². The van der Waals surface area contributed by atoms with E-state index in [-0.39, 0.29) is 18.1 Å². The van der Waals surface area contributed by atoms with Crippen molar-refractivity contribution in [3.8, 4) is 0 Å². The molecule has 1 aliphatic rings. The second kappa shape index (κ2) is 4.75. The van der Waals surface area contributed by atoms with Crippen LogP contribution < -0.4 is 0 Å². The second-order valence-corrected chi connectivity index (χ2v) is 3.90. The first kappa shape index (κ1) is 11.5. The summed E-state index contributed by atoms with van der Waals surface area (Å²) in [6.45, 7) is 4.55. The van der Waals surface area contributed by atoms with E-state index in [2.05, 4.69) is 0 Å². The summed E-state index contributed by atoms with van der Waals surface area (Å²) in [5.41, 5.74) is 0. The monoisotopic (exact) mass is 201 g/mol. The number of carbonyl (C=O) groups excluding carboxylic acids is 1. The first-order valence-corrected chi connectivity index (χ1v) is 5.09. The molecular weight excluding hydrogens is 182 g/mol. The Balaban J connectivity index is 2.63. The second-order valence-electron chi connectivity index (χ2n) is 3.90. The molecule has 0 aromatic carbocycles. The van der Waals surface area contributed by atoms with E-state index in [1.54, 1.807) is 6.92 Å². The van der Waals surface area contributed by atoms with E-state index in [1.165, 1.54) is 7.11 Å².